The van der Waals surface area contributed by atoms with Crippen molar-refractivity contribution in [1.82, 2.24) is 19.6 Å². The van der Waals surface area contributed by atoms with Gasteiger partial charge in [0, 0.05) is 45.9 Å². The number of aromatic nitrogens is 2. The van der Waals surface area contributed by atoms with Crippen molar-refractivity contribution >= 4 is 36.6 Å². The lowest BCUT2D eigenvalue weighted by Gasteiger charge is -2.37. The summed E-state index contributed by atoms with van der Waals surface area (Å²) in [7, 11) is -0.150. The molecule has 0 N–H and O–H groups in total. The second-order valence-electron chi connectivity index (χ2n) is 17.5. The van der Waals surface area contributed by atoms with Crippen LogP contribution in [0.5, 0.6) is 0 Å². The highest BCUT2D eigenvalue weighted by Crippen LogP contribution is 2.41. The van der Waals surface area contributed by atoms with Crippen LogP contribution in [0.3, 0.4) is 0 Å². The van der Waals surface area contributed by atoms with Crippen molar-refractivity contribution in [1.29, 1.82) is 0 Å². The molecule has 2 aliphatic rings. The molecule has 4 aromatic carbocycles. The monoisotopic (exact) mass is 841 g/mol. The van der Waals surface area contributed by atoms with Crippen molar-refractivity contribution in [3.05, 3.63) is 132 Å². The Morgan fingerprint density at radius 2 is 1.35 bits per heavy atom. The number of rotatable bonds is 14. The Morgan fingerprint density at radius 3 is 1.90 bits per heavy atom. The summed E-state index contributed by atoms with van der Waals surface area (Å²) in [6.45, 7) is 12.0. The second-order valence-corrected chi connectivity index (χ2v) is 23.2. The number of carbonyl (C=O) groups excluding carboxylic acids is 2. The van der Waals surface area contributed by atoms with Crippen molar-refractivity contribution in [3.8, 4) is 0 Å². The lowest BCUT2D eigenvalue weighted by Crippen LogP contribution is -2.51. The first-order valence-corrected chi connectivity index (χ1v) is 24.1. The molecule has 60 heavy (non-hydrogen) atoms. The number of urea groups is 1. The Morgan fingerprint density at radius 1 is 0.800 bits per heavy atom. The van der Waals surface area contributed by atoms with Crippen molar-refractivity contribution < 1.29 is 37.0 Å². The molecule has 0 radical (unpaired) electrons. The van der Waals surface area contributed by atoms with Crippen LogP contribution in [0.25, 0.3) is 10.9 Å². The van der Waals surface area contributed by atoms with Gasteiger partial charge in [-0.1, -0.05) is 98.5 Å². The van der Waals surface area contributed by atoms with Gasteiger partial charge in [0.2, 0.25) is 0 Å². The van der Waals surface area contributed by atoms with Crippen LogP contribution in [0.2, 0.25) is 25.7 Å². The van der Waals surface area contributed by atoms with Gasteiger partial charge in [-0.25, -0.2) is 9.48 Å². The van der Waals surface area contributed by atoms with Crippen LogP contribution in [0, 0.1) is 0 Å². The molecule has 3 heterocycles. The molecule has 10 nitrogen and oxygen atoms in total. The van der Waals surface area contributed by atoms with E-state index in [9.17, 15) is 18.0 Å². The van der Waals surface area contributed by atoms with E-state index in [1.807, 2.05) is 102 Å². The third-order valence-corrected chi connectivity index (χ3v) is 13.0. The number of carbonyl (C=O) groups is 2. The summed E-state index contributed by atoms with van der Waals surface area (Å²) in [5, 5.41) is 5.53. The van der Waals surface area contributed by atoms with Crippen molar-refractivity contribution in [3.63, 3.8) is 0 Å². The Kier molecular flexibility index (Phi) is 12.6. The van der Waals surface area contributed by atoms with Crippen LogP contribution in [-0.2, 0) is 51.7 Å². The Balaban J connectivity index is 1.29. The van der Waals surface area contributed by atoms with Gasteiger partial charge in [-0.15, -0.1) is 0 Å². The molecular weight excluding hydrogens is 788 g/mol. The maximum atomic E-state index is 15.6. The number of benzene rings is 4. The topological polar surface area (TPSA) is 89.4 Å². The van der Waals surface area contributed by atoms with Gasteiger partial charge in [0.05, 0.1) is 23.8 Å². The minimum Gasteiger partial charge on any atom is -0.360 e. The van der Waals surface area contributed by atoms with Crippen LogP contribution in [-0.4, -0.2) is 89.5 Å². The fraction of sp³-hybridized carbons (Fsp3) is 0.413. The average Bonchev–Trinajstić information content (AvgIpc) is 3.75. The maximum Gasteiger partial charge on any atom is 0.471 e. The molecule has 0 unspecified atom stereocenters. The summed E-state index contributed by atoms with van der Waals surface area (Å²) in [5.41, 5.74) is 4.43. The zero-order chi connectivity index (χ0) is 42.8. The van der Waals surface area contributed by atoms with E-state index < -0.39 is 50.2 Å². The Labute approximate surface area is 350 Å². The zero-order valence-corrected chi connectivity index (χ0v) is 36.1. The van der Waals surface area contributed by atoms with Gasteiger partial charge >= 0.3 is 18.1 Å². The number of halogens is 3. The standard InChI is InChI=1S/C46H54F3N5O5Si/c1-45(2)58-41-39(26-32-14-9-7-10-15-32)52(29-34-18-13-19-37(25-34)51(3)43(55)46(47,48)49)44(56)53(40(42(41)59-45)27-33-16-11-8-12-17-33)30-35-20-21-38-36(24-35)28-50-54(38)31-57-22-23-60(4,5)6/h7-21,24-25,28,39-42H,22-23,26-27,29-31H2,1-6H3/t39-,40-,41+,42+/m1/s1. The molecule has 7 rings (SSSR count). The van der Waals surface area contributed by atoms with E-state index in [0.717, 1.165) is 40.7 Å². The number of amides is 3. The van der Waals surface area contributed by atoms with Crippen LogP contribution >= 0.6 is 0 Å². The van der Waals surface area contributed by atoms with Gasteiger partial charge < -0.3 is 28.9 Å². The Bertz CT molecular complexity index is 2270. The van der Waals surface area contributed by atoms with Crippen molar-refractivity contribution in [2.24, 2.45) is 0 Å². The minimum absolute atomic E-state index is 0.0310. The molecule has 318 valence electrons. The number of nitrogens with zero attached hydrogens (tertiary/aromatic N) is 5. The molecule has 1 aromatic heterocycles. The molecule has 0 bridgehead atoms. The van der Waals surface area contributed by atoms with Gasteiger partial charge in [0.25, 0.3) is 0 Å². The molecule has 5 aromatic rings. The summed E-state index contributed by atoms with van der Waals surface area (Å²) in [6, 6.07) is 32.0. The summed E-state index contributed by atoms with van der Waals surface area (Å²) >= 11 is 0. The molecule has 2 saturated heterocycles. The zero-order valence-electron chi connectivity index (χ0n) is 35.1. The van der Waals surface area contributed by atoms with Gasteiger partial charge in [-0.2, -0.15) is 18.3 Å². The molecule has 4 atom stereocenters. The maximum absolute atomic E-state index is 15.6. The lowest BCUT2D eigenvalue weighted by molar-refractivity contribution is -0.170. The van der Waals surface area contributed by atoms with Gasteiger partial charge in [-0.3, -0.25) is 4.79 Å². The number of alkyl halides is 3. The summed E-state index contributed by atoms with van der Waals surface area (Å²) in [4.78, 5) is 32.1. The quantitative estimate of drug-likeness (QED) is 0.0820. The first-order valence-electron chi connectivity index (χ1n) is 20.4. The molecule has 0 aliphatic carbocycles. The summed E-state index contributed by atoms with van der Waals surface area (Å²) in [6.07, 6.45) is -3.46. The first kappa shape index (κ1) is 43.1. The SMILES string of the molecule is CN(C(=O)C(F)(F)F)c1cccc(CN2C(=O)N(Cc3ccc4c(cnn4COCC[Si](C)(C)C)c3)[C@H](Cc3ccccc3)[C@@H]3OC(C)(C)O[C@H]3[C@H]2Cc2ccccc2)c1. The predicted molar refractivity (Wildman–Crippen MR) is 228 cm³/mol. The summed E-state index contributed by atoms with van der Waals surface area (Å²) in [5.74, 6) is -2.97. The number of ether oxygens (including phenoxy) is 3. The number of hydrogen-bond donors (Lipinski definition) is 0. The molecule has 0 spiro atoms. The molecule has 2 fully saturated rings. The molecule has 0 saturated carbocycles. The number of hydrogen-bond acceptors (Lipinski definition) is 6. The fourth-order valence-corrected chi connectivity index (χ4v) is 8.94. The second kappa shape index (κ2) is 17.5. The normalized spacial score (nSPS) is 20.6. The number of fused-ring (bicyclic) bond motifs is 2. The predicted octanol–water partition coefficient (Wildman–Crippen LogP) is 9.05. The third kappa shape index (κ3) is 10.1. The van der Waals surface area contributed by atoms with E-state index in [1.54, 1.807) is 17.0 Å². The molecular formula is C46H54F3N5O5Si. The minimum atomic E-state index is -5.05. The molecule has 14 heteroatoms. The smallest absolute Gasteiger partial charge is 0.360 e. The van der Waals surface area contributed by atoms with E-state index in [1.165, 1.54) is 12.1 Å². The van der Waals surface area contributed by atoms with Gasteiger partial charge in [-0.05, 0) is 79.3 Å². The largest absolute Gasteiger partial charge is 0.471 e. The van der Waals surface area contributed by atoms with Crippen molar-refractivity contribution in [2.45, 2.75) is 108 Å². The summed E-state index contributed by atoms with van der Waals surface area (Å²) < 4.78 is 62.0. The highest BCUT2D eigenvalue weighted by molar-refractivity contribution is 6.76. The molecule has 2 aliphatic heterocycles. The fourth-order valence-electron chi connectivity index (χ4n) is 8.18. The highest BCUT2D eigenvalue weighted by atomic mass is 28.3. The average molecular weight is 842 g/mol. The van der Waals surface area contributed by atoms with E-state index in [2.05, 4.69) is 30.8 Å². The Hall–Kier alpha value is -5.02. The van der Waals surface area contributed by atoms with E-state index in [0.29, 0.717) is 36.6 Å². The van der Waals surface area contributed by atoms with Gasteiger partial charge in [0.15, 0.2) is 5.79 Å². The van der Waals surface area contributed by atoms with Crippen LogP contribution < -0.4 is 4.90 Å². The number of anilines is 1. The van der Waals surface area contributed by atoms with E-state index in [-0.39, 0.29) is 24.8 Å². The lowest BCUT2D eigenvalue weighted by atomic mass is 9.91. The third-order valence-electron chi connectivity index (χ3n) is 11.3. The van der Waals surface area contributed by atoms with E-state index in [4.69, 9.17) is 14.2 Å². The van der Waals surface area contributed by atoms with Crippen LogP contribution in [0.1, 0.15) is 36.1 Å². The first-order chi connectivity index (χ1) is 28.5. The van der Waals surface area contributed by atoms with Crippen molar-refractivity contribution in [2.75, 3.05) is 18.6 Å². The van der Waals surface area contributed by atoms with Crippen LogP contribution in [0.4, 0.5) is 23.7 Å². The van der Waals surface area contributed by atoms with E-state index >= 15 is 4.79 Å². The molecule has 3 amide bonds. The van der Waals surface area contributed by atoms with Crippen LogP contribution in [0.15, 0.2) is 109 Å². The van der Waals surface area contributed by atoms with Gasteiger partial charge in [0.1, 0.15) is 18.9 Å². The highest BCUT2D eigenvalue weighted by Gasteiger charge is 2.55.